The lowest BCUT2D eigenvalue weighted by molar-refractivity contribution is -0.116. The monoisotopic (exact) mass is 434 g/mol. The number of nitrogens with one attached hydrogen (secondary N) is 2. The first-order valence-electron chi connectivity index (χ1n) is 10.6. The lowest BCUT2D eigenvalue weighted by Crippen LogP contribution is -2.22. The molecule has 6 nitrogen and oxygen atoms in total. The van der Waals surface area contributed by atoms with Crippen LogP contribution in [0.4, 0.5) is 22.7 Å². The van der Waals surface area contributed by atoms with E-state index in [9.17, 15) is 9.59 Å². The van der Waals surface area contributed by atoms with Crippen LogP contribution in [0.15, 0.2) is 84.9 Å². The molecule has 162 valence electrons. The molecular weight excluding hydrogens is 412 g/mol. The van der Waals surface area contributed by atoms with Crippen molar-refractivity contribution in [1.29, 1.82) is 0 Å². The molecule has 6 heteroatoms. The highest BCUT2D eigenvalue weighted by molar-refractivity contribution is 6.13. The maximum absolute atomic E-state index is 13.1. The summed E-state index contributed by atoms with van der Waals surface area (Å²) in [5.41, 5.74) is 16.3. The number of benzene rings is 4. The first-order valence-corrected chi connectivity index (χ1v) is 10.6. The van der Waals surface area contributed by atoms with E-state index in [1.807, 2.05) is 42.5 Å². The zero-order valence-corrected chi connectivity index (χ0v) is 17.7. The standard InChI is InChI=1S/C27H22N4O2/c28-17-5-9-19(10-6-17)30-26(32)23-13-4-16-2-1-3-21-24(15-14-22(23)25(16)21)27(33)31-20-11-7-18(29)8-12-20/h1-15,24H,28-29H2,(H,30,32)(H,31,33). The number of rotatable bonds is 4. The minimum Gasteiger partial charge on any atom is -0.399 e. The third-order valence-corrected chi connectivity index (χ3v) is 5.78. The highest BCUT2D eigenvalue weighted by Crippen LogP contribution is 2.37. The van der Waals surface area contributed by atoms with Crippen molar-refractivity contribution in [3.8, 4) is 0 Å². The van der Waals surface area contributed by atoms with Crippen molar-refractivity contribution in [3.63, 3.8) is 0 Å². The molecule has 0 saturated carbocycles. The van der Waals surface area contributed by atoms with Gasteiger partial charge >= 0.3 is 0 Å². The fourth-order valence-electron chi connectivity index (χ4n) is 4.14. The summed E-state index contributed by atoms with van der Waals surface area (Å²) in [5, 5.41) is 7.75. The van der Waals surface area contributed by atoms with Crippen molar-refractivity contribution >= 4 is 51.4 Å². The molecule has 4 aromatic rings. The predicted octanol–water partition coefficient (Wildman–Crippen LogP) is 5.01. The van der Waals surface area contributed by atoms with E-state index in [2.05, 4.69) is 10.6 Å². The molecular formula is C27H22N4O2. The Hall–Kier alpha value is -4.58. The summed E-state index contributed by atoms with van der Waals surface area (Å²) in [4.78, 5) is 26.2. The second-order valence-corrected chi connectivity index (χ2v) is 8.00. The highest BCUT2D eigenvalue weighted by atomic mass is 16.2. The Balaban J connectivity index is 1.49. The van der Waals surface area contributed by atoms with Gasteiger partial charge in [-0.3, -0.25) is 9.59 Å². The number of hydrogen-bond acceptors (Lipinski definition) is 4. The molecule has 0 heterocycles. The van der Waals surface area contributed by atoms with Gasteiger partial charge in [0, 0.05) is 28.3 Å². The molecule has 1 aliphatic carbocycles. The van der Waals surface area contributed by atoms with Crippen molar-refractivity contribution < 1.29 is 9.59 Å². The fourth-order valence-corrected chi connectivity index (χ4v) is 4.14. The van der Waals surface area contributed by atoms with Crippen molar-refractivity contribution in [3.05, 3.63) is 102 Å². The van der Waals surface area contributed by atoms with Crippen LogP contribution in [-0.4, -0.2) is 11.8 Å². The maximum atomic E-state index is 13.1. The molecule has 5 rings (SSSR count). The molecule has 0 spiro atoms. The fraction of sp³-hybridized carbons (Fsp3) is 0.0370. The molecule has 1 aliphatic rings. The smallest absolute Gasteiger partial charge is 0.256 e. The SMILES string of the molecule is Nc1ccc(NC(=O)c2ccc3cccc4c3c2C=CC4C(=O)Nc2ccc(N)cc2)cc1. The summed E-state index contributed by atoms with van der Waals surface area (Å²) in [6.45, 7) is 0. The van der Waals surface area contributed by atoms with Gasteiger partial charge in [-0.05, 0) is 76.5 Å². The lowest BCUT2D eigenvalue weighted by atomic mass is 9.83. The Morgan fingerprint density at radius 2 is 1.36 bits per heavy atom. The van der Waals surface area contributed by atoms with Gasteiger partial charge in [0.2, 0.25) is 5.91 Å². The molecule has 0 aromatic heterocycles. The third-order valence-electron chi connectivity index (χ3n) is 5.78. The number of carbonyl (C=O) groups is 2. The van der Waals surface area contributed by atoms with Crippen LogP contribution in [0, 0.1) is 0 Å². The van der Waals surface area contributed by atoms with Crippen LogP contribution < -0.4 is 22.1 Å². The van der Waals surface area contributed by atoms with Gasteiger partial charge in [0.25, 0.3) is 5.91 Å². The van der Waals surface area contributed by atoms with Gasteiger partial charge in [-0.1, -0.05) is 36.4 Å². The van der Waals surface area contributed by atoms with E-state index < -0.39 is 5.92 Å². The van der Waals surface area contributed by atoms with E-state index in [4.69, 9.17) is 11.5 Å². The average Bonchev–Trinajstić information content (AvgIpc) is 2.82. The van der Waals surface area contributed by atoms with Gasteiger partial charge in [0.1, 0.15) is 0 Å². The van der Waals surface area contributed by atoms with Crippen LogP contribution in [0.2, 0.25) is 0 Å². The summed E-state index contributed by atoms with van der Waals surface area (Å²) in [5.74, 6) is -0.846. The summed E-state index contributed by atoms with van der Waals surface area (Å²) < 4.78 is 0. The highest BCUT2D eigenvalue weighted by Gasteiger charge is 2.26. The minimum atomic E-state index is -0.478. The van der Waals surface area contributed by atoms with Crippen molar-refractivity contribution in [2.75, 3.05) is 22.1 Å². The Kier molecular flexibility index (Phi) is 5.03. The molecule has 0 bridgehead atoms. The lowest BCUT2D eigenvalue weighted by Gasteiger charge is -2.22. The van der Waals surface area contributed by atoms with E-state index in [0.717, 1.165) is 21.9 Å². The molecule has 1 unspecified atom stereocenters. The van der Waals surface area contributed by atoms with Crippen LogP contribution in [0.3, 0.4) is 0 Å². The molecule has 0 fully saturated rings. The quantitative estimate of drug-likeness (QED) is 0.339. The first kappa shape index (κ1) is 20.3. The van der Waals surface area contributed by atoms with E-state index in [0.29, 0.717) is 28.3 Å². The number of nitrogen functional groups attached to an aromatic ring is 2. The van der Waals surface area contributed by atoms with Gasteiger partial charge in [-0.25, -0.2) is 0 Å². The molecule has 1 atom stereocenters. The topological polar surface area (TPSA) is 110 Å². The molecule has 2 amide bonds. The predicted molar refractivity (Wildman–Crippen MR) is 134 cm³/mol. The Morgan fingerprint density at radius 1 is 0.727 bits per heavy atom. The van der Waals surface area contributed by atoms with Gasteiger partial charge in [-0.15, -0.1) is 0 Å². The van der Waals surface area contributed by atoms with Crippen LogP contribution >= 0.6 is 0 Å². The Bertz CT molecular complexity index is 1410. The van der Waals surface area contributed by atoms with Crippen LogP contribution in [0.25, 0.3) is 16.8 Å². The van der Waals surface area contributed by atoms with Crippen molar-refractivity contribution in [2.24, 2.45) is 0 Å². The van der Waals surface area contributed by atoms with E-state index in [1.165, 1.54) is 0 Å². The average molecular weight is 434 g/mol. The van der Waals surface area contributed by atoms with Crippen LogP contribution in [0.1, 0.15) is 27.4 Å². The summed E-state index contributed by atoms with van der Waals surface area (Å²) >= 11 is 0. The molecule has 33 heavy (non-hydrogen) atoms. The normalized spacial score (nSPS) is 14.1. The van der Waals surface area contributed by atoms with E-state index >= 15 is 0 Å². The van der Waals surface area contributed by atoms with Crippen molar-refractivity contribution in [2.45, 2.75) is 5.92 Å². The Labute approximate surface area is 190 Å². The van der Waals surface area contributed by atoms with Gasteiger partial charge in [-0.2, -0.15) is 0 Å². The third kappa shape index (κ3) is 3.90. The number of anilines is 4. The summed E-state index contributed by atoms with van der Waals surface area (Å²) in [6, 6.07) is 23.6. The van der Waals surface area contributed by atoms with E-state index in [-0.39, 0.29) is 11.8 Å². The van der Waals surface area contributed by atoms with Gasteiger partial charge < -0.3 is 22.1 Å². The maximum Gasteiger partial charge on any atom is 0.256 e. The zero-order valence-electron chi connectivity index (χ0n) is 17.7. The molecule has 0 aliphatic heterocycles. The molecule has 0 radical (unpaired) electrons. The number of nitrogens with two attached hydrogens (primary N) is 2. The van der Waals surface area contributed by atoms with Gasteiger partial charge in [0.15, 0.2) is 0 Å². The van der Waals surface area contributed by atoms with Gasteiger partial charge in [0.05, 0.1) is 5.92 Å². The number of amides is 2. The van der Waals surface area contributed by atoms with Crippen molar-refractivity contribution in [1.82, 2.24) is 0 Å². The van der Waals surface area contributed by atoms with Crippen LogP contribution in [-0.2, 0) is 4.79 Å². The molecule has 0 saturated heterocycles. The largest absolute Gasteiger partial charge is 0.399 e. The summed E-state index contributed by atoms with van der Waals surface area (Å²) in [7, 11) is 0. The second-order valence-electron chi connectivity index (χ2n) is 8.00. The van der Waals surface area contributed by atoms with E-state index in [1.54, 1.807) is 48.5 Å². The number of carbonyl (C=O) groups excluding carboxylic acids is 2. The minimum absolute atomic E-state index is 0.147. The number of hydrogen-bond donors (Lipinski definition) is 4. The summed E-state index contributed by atoms with van der Waals surface area (Å²) in [6.07, 6.45) is 3.70. The Morgan fingerprint density at radius 3 is 2.03 bits per heavy atom. The molecule has 4 aromatic carbocycles. The second kappa shape index (κ2) is 8.16. The van der Waals surface area contributed by atoms with Crippen LogP contribution in [0.5, 0.6) is 0 Å². The zero-order chi connectivity index (χ0) is 22.9. The molecule has 6 N–H and O–H groups in total. The first-order chi connectivity index (χ1) is 16.0.